The monoisotopic (exact) mass is 292 g/mol. The van der Waals surface area contributed by atoms with Crippen LogP contribution in [0.4, 0.5) is 13.2 Å². The lowest BCUT2D eigenvalue weighted by Crippen LogP contribution is -2.31. The van der Waals surface area contributed by atoms with Gasteiger partial charge in [-0.2, -0.15) is 13.2 Å². The van der Waals surface area contributed by atoms with E-state index in [1.165, 1.54) is 24.0 Å². The van der Waals surface area contributed by atoms with Gasteiger partial charge in [-0.05, 0) is 29.2 Å². The molecule has 1 rings (SSSR count). The normalized spacial score (nSPS) is 13.7. The number of thioether (sulfide) groups is 1. The second-order valence-electron chi connectivity index (χ2n) is 5.10. The van der Waals surface area contributed by atoms with Gasteiger partial charge in [0, 0.05) is 25.7 Å². The van der Waals surface area contributed by atoms with Gasteiger partial charge in [-0.25, -0.2) is 0 Å². The van der Waals surface area contributed by atoms with E-state index in [4.69, 9.17) is 0 Å². The minimum atomic E-state index is -4.36. The molecule has 0 aromatic heterocycles. The summed E-state index contributed by atoms with van der Waals surface area (Å²) in [7, 11) is 0. The minimum Gasteiger partial charge on any atom is -0.290 e. The first-order chi connectivity index (χ1) is 8.55. The summed E-state index contributed by atoms with van der Waals surface area (Å²) in [5.74, 6) is 0. The highest BCUT2D eigenvalue weighted by molar-refractivity contribution is 7.98. The van der Waals surface area contributed by atoms with Crippen molar-refractivity contribution < 1.29 is 23.1 Å². The molecule has 0 saturated heterocycles. The van der Waals surface area contributed by atoms with Crippen LogP contribution in [0.3, 0.4) is 0 Å². The molecule has 0 fully saturated rings. The third-order valence-electron chi connectivity index (χ3n) is 2.51. The molecule has 0 atom stereocenters. The molecule has 19 heavy (non-hydrogen) atoms. The first kappa shape index (κ1) is 15.9. The maximum Gasteiger partial charge on any atom is 0.416 e. The summed E-state index contributed by atoms with van der Waals surface area (Å²) in [4.78, 5) is 0.470. The van der Waals surface area contributed by atoms with E-state index < -0.39 is 17.3 Å². The number of benzene rings is 1. The summed E-state index contributed by atoms with van der Waals surface area (Å²) in [5, 5.41) is 9.83. The second kappa shape index (κ2) is 5.45. The van der Waals surface area contributed by atoms with Gasteiger partial charge in [0.05, 0.1) is 11.1 Å². The average molecular weight is 292 g/mol. The average Bonchev–Trinajstić information content (AvgIpc) is 2.26. The van der Waals surface area contributed by atoms with E-state index in [2.05, 4.69) is 0 Å². The van der Waals surface area contributed by atoms with Gasteiger partial charge in [-0.1, -0.05) is 0 Å². The van der Waals surface area contributed by atoms with Crippen LogP contribution in [0, 0.1) is 0 Å². The van der Waals surface area contributed by atoms with E-state index in [1.54, 1.807) is 27.0 Å². The largest absolute Gasteiger partial charge is 0.416 e. The Labute approximate surface area is 114 Å². The van der Waals surface area contributed by atoms with E-state index >= 15 is 0 Å². The van der Waals surface area contributed by atoms with Crippen molar-refractivity contribution in [2.45, 2.75) is 37.4 Å². The molecule has 0 aliphatic carbocycles. The number of alkyl halides is 3. The molecular weight excluding hydrogens is 275 g/mol. The first-order valence-electron chi connectivity index (χ1n) is 5.64. The molecule has 0 aliphatic rings. The molecule has 0 amide bonds. The van der Waals surface area contributed by atoms with Gasteiger partial charge in [0.1, 0.15) is 0 Å². The van der Waals surface area contributed by atoms with E-state index in [9.17, 15) is 18.4 Å². The Kier molecular flexibility index (Phi) is 4.55. The quantitative estimate of drug-likeness (QED) is 0.292. The highest BCUT2D eigenvalue weighted by Gasteiger charge is 2.31. The fraction of sp³-hybridized carbons (Fsp3) is 0.462. The second-order valence-corrected chi connectivity index (χ2v) is 5.95. The van der Waals surface area contributed by atoms with Crippen LogP contribution >= 0.6 is 11.8 Å². The minimum absolute atomic E-state index is 0.470. The molecule has 1 N–H and O–H groups in total. The van der Waals surface area contributed by atoms with Gasteiger partial charge in [0.25, 0.3) is 0 Å². The van der Waals surface area contributed by atoms with Crippen LogP contribution in [0.5, 0.6) is 0 Å². The zero-order valence-corrected chi connectivity index (χ0v) is 12.1. The number of hydrogen-bond donors (Lipinski definition) is 1. The van der Waals surface area contributed by atoms with Crippen molar-refractivity contribution >= 4 is 18.0 Å². The van der Waals surface area contributed by atoms with Gasteiger partial charge in [-0.15, -0.1) is 11.8 Å². The summed E-state index contributed by atoms with van der Waals surface area (Å²) >= 11 is 1.21. The molecular formula is C13H17F3NOS+. The van der Waals surface area contributed by atoms with Crippen LogP contribution in [0.15, 0.2) is 23.1 Å². The smallest absolute Gasteiger partial charge is 0.290 e. The van der Waals surface area contributed by atoms with Gasteiger partial charge >= 0.3 is 6.18 Å². The van der Waals surface area contributed by atoms with Crippen LogP contribution in [-0.2, 0) is 6.18 Å². The van der Waals surface area contributed by atoms with Crippen LogP contribution in [0.25, 0.3) is 0 Å². The fourth-order valence-corrected chi connectivity index (χ4v) is 1.92. The number of nitrogens with zero attached hydrogens (tertiary/aromatic N) is 1. The van der Waals surface area contributed by atoms with Gasteiger partial charge < -0.3 is 0 Å². The van der Waals surface area contributed by atoms with Crippen molar-refractivity contribution in [1.82, 2.24) is 0 Å². The molecule has 2 nitrogen and oxygen atoms in total. The standard InChI is InChI=1S/C13H17F3NOS/c1-12(2,3)17(18)8-9-5-6-10(13(14,15)16)7-11(9)19-4/h5-8,18H,1-4H3/q+1/b17-8-. The van der Waals surface area contributed by atoms with Crippen LogP contribution in [0.1, 0.15) is 31.9 Å². The highest BCUT2D eigenvalue weighted by atomic mass is 32.2. The van der Waals surface area contributed by atoms with Crippen LogP contribution in [-0.4, -0.2) is 28.0 Å². The Morgan fingerprint density at radius 1 is 1.21 bits per heavy atom. The Balaban J connectivity index is 3.25. The molecule has 0 heterocycles. The van der Waals surface area contributed by atoms with E-state index in [0.29, 0.717) is 10.5 Å². The molecule has 0 saturated carbocycles. The van der Waals surface area contributed by atoms with Crippen LogP contribution < -0.4 is 0 Å². The van der Waals surface area contributed by atoms with E-state index in [-0.39, 0.29) is 0 Å². The lowest BCUT2D eigenvalue weighted by atomic mass is 10.1. The Bertz CT molecular complexity index is 490. The summed E-state index contributed by atoms with van der Waals surface area (Å²) < 4.78 is 38.8. The van der Waals surface area contributed by atoms with Crippen molar-refractivity contribution in [3.05, 3.63) is 29.3 Å². The molecule has 0 radical (unpaired) electrons. The molecule has 0 bridgehead atoms. The molecule has 0 aliphatic heterocycles. The number of hydroxylamine groups is 1. The van der Waals surface area contributed by atoms with Gasteiger partial charge in [-0.3, -0.25) is 5.21 Å². The third-order valence-corrected chi connectivity index (χ3v) is 3.30. The summed E-state index contributed by atoms with van der Waals surface area (Å²) in [6.45, 7) is 5.39. The SMILES string of the molecule is CSc1cc(C(F)(F)F)ccc1/C=[N+](\O)C(C)(C)C. The number of hydrogen-bond acceptors (Lipinski definition) is 2. The zero-order valence-electron chi connectivity index (χ0n) is 11.2. The fourth-order valence-electron chi connectivity index (χ4n) is 1.32. The van der Waals surface area contributed by atoms with Crippen molar-refractivity contribution in [2.24, 2.45) is 0 Å². The maximum absolute atomic E-state index is 12.6. The van der Waals surface area contributed by atoms with Gasteiger partial charge in [0.15, 0.2) is 0 Å². The zero-order chi connectivity index (χ0) is 14.8. The topological polar surface area (TPSA) is 23.2 Å². The molecule has 0 unspecified atom stereocenters. The first-order valence-corrected chi connectivity index (χ1v) is 6.86. The Morgan fingerprint density at radius 2 is 1.79 bits per heavy atom. The summed E-state index contributed by atoms with van der Waals surface area (Å²) in [6, 6.07) is 3.47. The predicted molar refractivity (Wildman–Crippen MR) is 70.2 cm³/mol. The molecule has 1 aromatic carbocycles. The molecule has 6 heteroatoms. The van der Waals surface area contributed by atoms with Crippen molar-refractivity contribution in [1.29, 1.82) is 0 Å². The summed E-state index contributed by atoms with van der Waals surface area (Å²) in [6.07, 6.45) is -1.22. The number of rotatable bonds is 2. The van der Waals surface area contributed by atoms with E-state index in [0.717, 1.165) is 16.9 Å². The van der Waals surface area contributed by atoms with E-state index in [1.807, 2.05) is 0 Å². The van der Waals surface area contributed by atoms with Crippen molar-refractivity contribution in [3.63, 3.8) is 0 Å². The molecule has 1 aromatic rings. The predicted octanol–water partition coefficient (Wildman–Crippen LogP) is 4.05. The summed E-state index contributed by atoms with van der Waals surface area (Å²) in [5.41, 5.74) is -0.648. The lowest BCUT2D eigenvalue weighted by Gasteiger charge is -2.11. The Hall–Kier alpha value is -1.17. The van der Waals surface area contributed by atoms with Crippen molar-refractivity contribution in [3.8, 4) is 0 Å². The maximum atomic E-state index is 12.6. The van der Waals surface area contributed by atoms with Crippen molar-refractivity contribution in [2.75, 3.05) is 6.26 Å². The highest BCUT2D eigenvalue weighted by Crippen LogP contribution is 2.32. The Morgan fingerprint density at radius 3 is 2.21 bits per heavy atom. The third kappa shape index (κ3) is 4.16. The van der Waals surface area contributed by atoms with Gasteiger partial charge in [0.2, 0.25) is 11.8 Å². The molecule has 0 spiro atoms. The van der Waals surface area contributed by atoms with Crippen LogP contribution in [0.2, 0.25) is 0 Å². The lowest BCUT2D eigenvalue weighted by molar-refractivity contribution is -0.816. The molecule has 106 valence electrons. The number of halogens is 3.